The molecule has 0 atom stereocenters. The number of hydrogen-bond donors (Lipinski definition) is 0. The molecule has 0 saturated carbocycles. The van der Waals surface area contributed by atoms with Crippen molar-refractivity contribution in [2.75, 3.05) is 0 Å². The molecule has 0 aliphatic carbocycles. The first-order valence-corrected chi connectivity index (χ1v) is 21.2. The number of para-hydroxylation sites is 4. The second kappa shape index (κ2) is 14.0. The van der Waals surface area contributed by atoms with Gasteiger partial charge in [0.25, 0.3) is 0 Å². The Balaban J connectivity index is 1.11. The predicted octanol–water partition coefficient (Wildman–Crippen LogP) is 14.6. The predicted molar refractivity (Wildman–Crippen MR) is 258 cm³/mol. The van der Waals surface area contributed by atoms with Crippen molar-refractivity contribution in [3.63, 3.8) is 0 Å². The van der Waals surface area contributed by atoms with Gasteiger partial charge in [-0.3, -0.25) is 0 Å². The molecule has 63 heavy (non-hydrogen) atoms. The summed E-state index contributed by atoms with van der Waals surface area (Å²) in [6.07, 6.45) is 0. The molecular weight excluding hydrogens is 771 g/mol. The van der Waals surface area contributed by atoms with Crippen LogP contribution < -0.4 is 0 Å². The molecule has 294 valence electrons. The van der Waals surface area contributed by atoms with E-state index >= 15 is 0 Å². The van der Waals surface area contributed by atoms with Gasteiger partial charge in [0.05, 0.1) is 27.8 Å². The van der Waals surface area contributed by atoms with E-state index in [-0.39, 0.29) is 0 Å². The lowest BCUT2D eigenvalue weighted by Gasteiger charge is -2.13. The van der Waals surface area contributed by atoms with Crippen LogP contribution in [0.2, 0.25) is 0 Å². The van der Waals surface area contributed by atoms with Crippen LogP contribution in [-0.4, -0.2) is 24.1 Å². The zero-order valence-corrected chi connectivity index (χ0v) is 33.9. The number of fused-ring (bicyclic) bond motifs is 10. The first-order chi connectivity index (χ1) is 31.3. The van der Waals surface area contributed by atoms with Gasteiger partial charge in [0, 0.05) is 54.7 Å². The fourth-order valence-corrected chi connectivity index (χ4v) is 9.60. The Morgan fingerprint density at radius 1 is 0.349 bits per heavy atom. The zero-order chi connectivity index (χ0) is 41.4. The first kappa shape index (κ1) is 35.2. The fraction of sp³-hybridized carbons (Fsp3) is 0. The van der Waals surface area contributed by atoms with Gasteiger partial charge >= 0.3 is 0 Å². The van der Waals surface area contributed by atoms with Crippen molar-refractivity contribution in [2.45, 2.75) is 0 Å². The maximum Gasteiger partial charge on any atom is 0.164 e. The fourth-order valence-electron chi connectivity index (χ4n) is 9.60. The van der Waals surface area contributed by atoms with E-state index in [4.69, 9.17) is 19.4 Å². The highest BCUT2D eigenvalue weighted by Gasteiger charge is 2.25. The van der Waals surface area contributed by atoms with Crippen LogP contribution in [0.15, 0.2) is 217 Å². The van der Waals surface area contributed by atoms with Gasteiger partial charge in [-0.05, 0) is 65.7 Å². The van der Waals surface area contributed by atoms with Crippen LogP contribution in [0.3, 0.4) is 0 Å². The summed E-state index contributed by atoms with van der Waals surface area (Å²) in [6, 6.07) is 74.2. The maximum atomic E-state index is 7.04. The SMILES string of the molecule is c1ccc(-c2cccc(-c3nc(-c4ccccc4)nc(-c4ccc(-n5c6ccccc6c6ccc7c(c8ccccc8n7-c7ccccc7)c65)c5oc6ccccc6c45)n3)c2)cc1. The number of nitrogens with zero attached hydrogens (tertiary/aromatic N) is 5. The molecule has 4 aromatic heterocycles. The average molecular weight is 806 g/mol. The van der Waals surface area contributed by atoms with Gasteiger partial charge in [0.1, 0.15) is 5.58 Å². The third-order valence-electron chi connectivity index (χ3n) is 12.4. The molecule has 0 spiro atoms. The van der Waals surface area contributed by atoms with Crippen LogP contribution in [0, 0.1) is 0 Å². The van der Waals surface area contributed by atoms with E-state index in [9.17, 15) is 0 Å². The van der Waals surface area contributed by atoms with Gasteiger partial charge in [-0.1, -0.05) is 158 Å². The molecule has 0 fully saturated rings. The second-order valence-corrected chi connectivity index (χ2v) is 16.0. The quantitative estimate of drug-likeness (QED) is 0.168. The molecule has 0 N–H and O–H groups in total. The average Bonchev–Trinajstić information content (AvgIpc) is 4.03. The largest absolute Gasteiger partial charge is 0.454 e. The topological polar surface area (TPSA) is 61.7 Å². The van der Waals surface area contributed by atoms with E-state index in [0.29, 0.717) is 17.5 Å². The van der Waals surface area contributed by atoms with Gasteiger partial charge in [0.15, 0.2) is 23.1 Å². The monoisotopic (exact) mass is 805 g/mol. The lowest BCUT2D eigenvalue weighted by atomic mass is 10.0. The van der Waals surface area contributed by atoms with Gasteiger partial charge in [0.2, 0.25) is 0 Å². The summed E-state index contributed by atoms with van der Waals surface area (Å²) < 4.78 is 11.8. The van der Waals surface area contributed by atoms with Crippen molar-refractivity contribution in [3.05, 3.63) is 212 Å². The Morgan fingerprint density at radius 2 is 0.937 bits per heavy atom. The lowest BCUT2D eigenvalue weighted by Crippen LogP contribution is -2.01. The third-order valence-corrected chi connectivity index (χ3v) is 12.4. The summed E-state index contributed by atoms with van der Waals surface area (Å²) >= 11 is 0. The molecule has 13 aromatic rings. The number of aromatic nitrogens is 5. The normalized spacial score (nSPS) is 11.8. The van der Waals surface area contributed by atoms with Crippen LogP contribution in [0.25, 0.3) is 122 Å². The van der Waals surface area contributed by atoms with Crippen LogP contribution in [0.1, 0.15) is 0 Å². The lowest BCUT2D eigenvalue weighted by molar-refractivity contribution is 0.666. The summed E-state index contributed by atoms with van der Waals surface area (Å²) in [7, 11) is 0. The van der Waals surface area contributed by atoms with Crippen molar-refractivity contribution < 1.29 is 4.42 Å². The molecule has 9 aromatic carbocycles. The van der Waals surface area contributed by atoms with E-state index in [1.807, 2.05) is 48.5 Å². The molecule has 0 saturated heterocycles. The zero-order valence-electron chi connectivity index (χ0n) is 33.9. The van der Waals surface area contributed by atoms with Gasteiger partial charge in [-0.25, -0.2) is 15.0 Å². The minimum atomic E-state index is 0.572. The Hall–Kier alpha value is -8.61. The van der Waals surface area contributed by atoms with Crippen LogP contribution in [-0.2, 0) is 0 Å². The molecule has 0 radical (unpaired) electrons. The number of rotatable bonds is 6. The van der Waals surface area contributed by atoms with E-state index in [2.05, 4.69) is 173 Å². The third kappa shape index (κ3) is 5.48. The van der Waals surface area contributed by atoms with Crippen molar-refractivity contribution >= 4 is 65.6 Å². The summed E-state index contributed by atoms with van der Waals surface area (Å²) in [5.74, 6) is 1.77. The molecule has 0 aliphatic rings. The molecule has 6 heteroatoms. The molecular formula is C57H35N5O. The highest BCUT2D eigenvalue weighted by atomic mass is 16.3. The smallest absolute Gasteiger partial charge is 0.164 e. The van der Waals surface area contributed by atoms with E-state index in [1.165, 1.54) is 21.5 Å². The van der Waals surface area contributed by atoms with Crippen LogP contribution >= 0.6 is 0 Å². The number of furan rings is 1. The van der Waals surface area contributed by atoms with Crippen molar-refractivity contribution in [1.29, 1.82) is 0 Å². The minimum absolute atomic E-state index is 0.572. The van der Waals surface area contributed by atoms with E-state index < -0.39 is 0 Å². The first-order valence-electron chi connectivity index (χ1n) is 21.2. The van der Waals surface area contributed by atoms with Gasteiger partial charge in [-0.15, -0.1) is 0 Å². The molecule has 6 nitrogen and oxygen atoms in total. The molecule has 0 unspecified atom stereocenters. The molecule has 0 aliphatic heterocycles. The Bertz CT molecular complexity index is 3900. The summed E-state index contributed by atoms with van der Waals surface area (Å²) in [4.78, 5) is 15.7. The summed E-state index contributed by atoms with van der Waals surface area (Å²) in [5, 5.41) is 6.66. The van der Waals surface area contributed by atoms with Crippen molar-refractivity contribution in [1.82, 2.24) is 24.1 Å². The van der Waals surface area contributed by atoms with E-state index in [0.717, 1.165) is 83.2 Å². The highest BCUT2D eigenvalue weighted by molar-refractivity contribution is 6.27. The van der Waals surface area contributed by atoms with Crippen LogP contribution in [0.4, 0.5) is 0 Å². The standard InChI is InChI=1S/C57H35N5O/c1-4-17-36(18-5-1)38-21-16-22-39(35-38)56-58-55(37-19-6-2-7-20-37)59-57(60-56)45-32-34-49(54-51(45)44-27-12-15-30-50(44)63-54)62-46-28-13-10-25-41(46)42-31-33-48-52(53(42)62)43-26-11-14-29-47(43)61(48)40-23-8-3-9-24-40/h1-35H. The number of hydrogen-bond acceptors (Lipinski definition) is 4. The summed E-state index contributed by atoms with van der Waals surface area (Å²) in [6.45, 7) is 0. The molecule has 0 bridgehead atoms. The highest BCUT2D eigenvalue weighted by Crippen LogP contribution is 2.45. The molecule has 4 heterocycles. The number of benzene rings is 9. The van der Waals surface area contributed by atoms with Crippen LogP contribution in [0.5, 0.6) is 0 Å². The van der Waals surface area contributed by atoms with Gasteiger partial charge < -0.3 is 13.6 Å². The maximum absolute atomic E-state index is 7.04. The van der Waals surface area contributed by atoms with Crippen molar-refractivity contribution in [2.24, 2.45) is 0 Å². The van der Waals surface area contributed by atoms with Gasteiger partial charge in [-0.2, -0.15) is 0 Å². The van der Waals surface area contributed by atoms with Crippen molar-refractivity contribution in [3.8, 4) is 56.7 Å². The molecule has 0 amide bonds. The van der Waals surface area contributed by atoms with E-state index in [1.54, 1.807) is 0 Å². The minimum Gasteiger partial charge on any atom is -0.454 e. The Labute approximate surface area is 361 Å². The second-order valence-electron chi connectivity index (χ2n) is 16.0. The summed E-state index contributed by atoms with van der Waals surface area (Å²) in [5.41, 5.74) is 13.0. The molecule has 13 rings (SSSR count). The Morgan fingerprint density at radius 3 is 1.71 bits per heavy atom. The Kier molecular flexibility index (Phi) is 7.80.